The molecule has 1 aromatic rings. The molecule has 0 aliphatic heterocycles. The van der Waals surface area contributed by atoms with Gasteiger partial charge in [-0.15, -0.1) is 0 Å². The summed E-state index contributed by atoms with van der Waals surface area (Å²) in [7, 11) is 1.65. The van der Waals surface area contributed by atoms with Crippen LogP contribution in [0.2, 0.25) is 0 Å². The van der Waals surface area contributed by atoms with Gasteiger partial charge in [-0.05, 0) is 31.0 Å². The summed E-state index contributed by atoms with van der Waals surface area (Å²) in [6.07, 6.45) is 0. The number of urea groups is 1. The molecule has 19 heavy (non-hydrogen) atoms. The molecule has 0 aliphatic rings. The Hall–Kier alpha value is -1.75. The Balaban J connectivity index is 2.54. The zero-order valence-electron chi connectivity index (χ0n) is 11.8. The van der Waals surface area contributed by atoms with Crippen molar-refractivity contribution >= 4 is 6.03 Å². The molecule has 0 saturated carbocycles. The number of nitrogens with one attached hydrogen (secondary N) is 1. The average Bonchev–Trinajstić information content (AvgIpc) is 2.39. The minimum atomic E-state index is -0.194. The van der Waals surface area contributed by atoms with Crippen molar-refractivity contribution < 1.29 is 14.6 Å². The van der Waals surface area contributed by atoms with E-state index in [1.54, 1.807) is 7.05 Å². The summed E-state index contributed by atoms with van der Waals surface area (Å²) in [6.45, 7) is 5.32. The monoisotopic (exact) mass is 266 g/mol. The molecule has 0 atom stereocenters. The smallest absolute Gasteiger partial charge is 0.317 e. The lowest BCUT2D eigenvalue weighted by atomic mass is 10.1. The number of aryl methyl sites for hydroxylation is 1. The number of likely N-dealkylation sites (N-methyl/N-ethyl adjacent to an activating group) is 1. The maximum Gasteiger partial charge on any atom is 0.317 e. The van der Waals surface area contributed by atoms with Crippen LogP contribution < -0.4 is 10.1 Å². The van der Waals surface area contributed by atoms with Crippen LogP contribution in [0.15, 0.2) is 18.2 Å². The fourth-order valence-electron chi connectivity index (χ4n) is 1.70. The number of ether oxygens (including phenoxy) is 1. The number of amides is 2. The van der Waals surface area contributed by atoms with Gasteiger partial charge in [0.15, 0.2) is 0 Å². The van der Waals surface area contributed by atoms with Crippen LogP contribution >= 0.6 is 0 Å². The molecular formula is C14H22N2O3. The predicted octanol–water partition coefficient (Wildman–Crippen LogP) is 1.53. The van der Waals surface area contributed by atoms with E-state index < -0.39 is 0 Å². The molecule has 0 unspecified atom stereocenters. The molecule has 2 N–H and O–H groups in total. The Morgan fingerprint density at radius 1 is 1.47 bits per heavy atom. The third-order valence-corrected chi connectivity index (χ3v) is 2.77. The number of aliphatic hydroxyl groups is 1. The van der Waals surface area contributed by atoms with Crippen molar-refractivity contribution in [2.45, 2.75) is 20.4 Å². The van der Waals surface area contributed by atoms with E-state index in [0.717, 1.165) is 16.9 Å². The maximum atomic E-state index is 11.6. The van der Waals surface area contributed by atoms with Gasteiger partial charge in [0.05, 0.1) is 13.2 Å². The summed E-state index contributed by atoms with van der Waals surface area (Å²) in [5, 5.41) is 11.5. The third kappa shape index (κ3) is 4.79. The van der Waals surface area contributed by atoms with Crippen LogP contribution in [0, 0.1) is 6.92 Å². The molecule has 0 saturated heterocycles. The number of rotatable bonds is 6. The minimum Gasteiger partial charge on any atom is -0.494 e. The first kappa shape index (κ1) is 15.3. The fourth-order valence-corrected chi connectivity index (χ4v) is 1.70. The maximum absolute atomic E-state index is 11.6. The van der Waals surface area contributed by atoms with Crippen molar-refractivity contribution in [3.8, 4) is 5.75 Å². The highest BCUT2D eigenvalue weighted by Gasteiger charge is 2.07. The molecule has 5 heteroatoms. The molecule has 2 amide bonds. The van der Waals surface area contributed by atoms with E-state index in [4.69, 9.17) is 9.84 Å². The SMILES string of the molecule is CCOc1ccc(CNC(=O)N(C)CCO)cc1C. The molecule has 0 aromatic heterocycles. The summed E-state index contributed by atoms with van der Waals surface area (Å²) < 4.78 is 5.46. The summed E-state index contributed by atoms with van der Waals surface area (Å²) >= 11 is 0. The summed E-state index contributed by atoms with van der Waals surface area (Å²) in [5.41, 5.74) is 2.07. The molecule has 0 bridgehead atoms. The molecule has 0 radical (unpaired) electrons. The van der Waals surface area contributed by atoms with E-state index in [1.807, 2.05) is 32.0 Å². The van der Waals surface area contributed by atoms with Gasteiger partial charge in [0.1, 0.15) is 5.75 Å². The van der Waals surface area contributed by atoms with Crippen LogP contribution in [-0.4, -0.2) is 42.8 Å². The van der Waals surface area contributed by atoms with Gasteiger partial charge in [-0.1, -0.05) is 12.1 Å². The molecule has 0 spiro atoms. The van der Waals surface area contributed by atoms with Gasteiger partial charge in [0.25, 0.3) is 0 Å². The molecule has 0 heterocycles. The van der Waals surface area contributed by atoms with Gasteiger partial charge in [0.2, 0.25) is 0 Å². The number of benzene rings is 1. The van der Waals surface area contributed by atoms with Gasteiger partial charge < -0.3 is 20.1 Å². The van der Waals surface area contributed by atoms with Crippen molar-refractivity contribution in [3.63, 3.8) is 0 Å². The summed E-state index contributed by atoms with van der Waals surface area (Å²) in [4.78, 5) is 13.1. The van der Waals surface area contributed by atoms with E-state index >= 15 is 0 Å². The van der Waals surface area contributed by atoms with Gasteiger partial charge in [0, 0.05) is 20.1 Å². The highest BCUT2D eigenvalue weighted by atomic mass is 16.5. The second-order valence-corrected chi connectivity index (χ2v) is 4.34. The first-order chi connectivity index (χ1) is 9.08. The highest BCUT2D eigenvalue weighted by Crippen LogP contribution is 2.18. The van der Waals surface area contributed by atoms with Crippen molar-refractivity contribution in [2.24, 2.45) is 0 Å². The quantitative estimate of drug-likeness (QED) is 0.820. The van der Waals surface area contributed by atoms with Gasteiger partial charge in [-0.25, -0.2) is 4.79 Å². The lowest BCUT2D eigenvalue weighted by Gasteiger charge is -2.17. The second-order valence-electron chi connectivity index (χ2n) is 4.34. The van der Waals surface area contributed by atoms with Gasteiger partial charge in [-0.2, -0.15) is 0 Å². The zero-order chi connectivity index (χ0) is 14.3. The van der Waals surface area contributed by atoms with E-state index in [1.165, 1.54) is 4.90 Å². The van der Waals surface area contributed by atoms with Crippen molar-refractivity contribution in [3.05, 3.63) is 29.3 Å². The van der Waals surface area contributed by atoms with Crippen LogP contribution in [0.5, 0.6) is 5.75 Å². The van der Waals surface area contributed by atoms with E-state index in [2.05, 4.69) is 5.32 Å². The van der Waals surface area contributed by atoms with Crippen LogP contribution in [0.1, 0.15) is 18.1 Å². The molecule has 0 aliphatic carbocycles. The van der Waals surface area contributed by atoms with Crippen molar-refractivity contribution in [1.82, 2.24) is 10.2 Å². The average molecular weight is 266 g/mol. The van der Waals surface area contributed by atoms with Crippen LogP contribution in [0.3, 0.4) is 0 Å². The normalized spacial score (nSPS) is 10.1. The minimum absolute atomic E-state index is 0.0356. The number of aliphatic hydroxyl groups excluding tert-OH is 1. The molecule has 5 nitrogen and oxygen atoms in total. The van der Waals surface area contributed by atoms with Crippen LogP contribution in [0.4, 0.5) is 4.79 Å². The molecule has 1 aromatic carbocycles. The van der Waals surface area contributed by atoms with Crippen molar-refractivity contribution in [1.29, 1.82) is 0 Å². The van der Waals surface area contributed by atoms with Crippen LogP contribution in [-0.2, 0) is 6.54 Å². The first-order valence-corrected chi connectivity index (χ1v) is 6.40. The molecular weight excluding hydrogens is 244 g/mol. The van der Waals surface area contributed by atoms with Gasteiger partial charge in [-0.3, -0.25) is 0 Å². The van der Waals surface area contributed by atoms with Gasteiger partial charge >= 0.3 is 6.03 Å². The number of hydrogen-bond donors (Lipinski definition) is 2. The second kappa shape index (κ2) is 7.63. The lowest BCUT2D eigenvalue weighted by molar-refractivity contribution is 0.190. The fraction of sp³-hybridized carbons (Fsp3) is 0.500. The van der Waals surface area contributed by atoms with E-state index in [-0.39, 0.29) is 12.6 Å². The Morgan fingerprint density at radius 2 is 2.21 bits per heavy atom. The number of hydrogen-bond acceptors (Lipinski definition) is 3. The topological polar surface area (TPSA) is 61.8 Å². The highest BCUT2D eigenvalue weighted by molar-refractivity contribution is 5.73. The number of carbonyl (C=O) groups is 1. The Kier molecular flexibility index (Phi) is 6.15. The van der Waals surface area contributed by atoms with E-state index in [9.17, 15) is 4.79 Å². The lowest BCUT2D eigenvalue weighted by Crippen LogP contribution is -2.38. The zero-order valence-corrected chi connectivity index (χ0v) is 11.8. The molecule has 106 valence electrons. The standard InChI is InChI=1S/C14H22N2O3/c1-4-19-13-6-5-12(9-11(13)2)10-15-14(18)16(3)7-8-17/h5-6,9,17H,4,7-8,10H2,1-3H3,(H,15,18). The first-order valence-electron chi connectivity index (χ1n) is 6.40. The summed E-state index contributed by atoms with van der Waals surface area (Å²) in [5.74, 6) is 0.870. The Bertz CT molecular complexity index is 421. The Labute approximate surface area is 114 Å². The van der Waals surface area contributed by atoms with E-state index in [0.29, 0.717) is 19.7 Å². The number of carbonyl (C=O) groups excluding carboxylic acids is 1. The Morgan fingerprint density at radius 3 is 2.79 bits per heavy atom. The van der Waals surface area contributed by atoms with Crippen molar-refractivity contribution in [2.75, 3.05) is 26.8 Å². The molecule has 1 rings (SSSR count). The largest absolute Gasteiger partial charge is 0.494 e. The number of nitrogens with zero attached hydrogens (tertiary/aromatic N) is 1. The molecule has 0 fully saturated rings. The van der Waals surface area contributed by atoms with Crippen LogP contribution in [0.25, 0.3) is 0 Å². The third-order valence-electron chi connectivity index (χ3n) is 2.77. The predicted molar refractivity (Wildman–Crippen MR) is 74.3 cm³/mol. The summed E-state index contributed by atoms with van der Waals surface area (Å²) in [6, 6.07) is 5.65.